The molecule has 2 aromatic carbocycles. The molecule has 0 bridgehead atoms. The van der Waals surface area contributed by atoms with E-state index in [-0.39, 0.29) is 0 Å². The second kappa shape index (κ2) is 5.00. The first-order chi connectivity index (χ1) is 10.8. The molecule has 4 rings (SSSR count). The normalized spacial score (nSPS) is 10.9. The summed E-state index contributed by atoms with van der Waals surface area (Å²) in [5, 5.41) is 0. The molecular formula is C18H11NO3. The number of furan rings is 1. The van der Waals surface area contributed by atoms with Gasteiger partial charge in [-0.15, -0.1) is 0 Å². The molecule has 22 heavy (non-hydrogen) atoms. The summed E-state index contributed by atoms with van der Waals surface area (Å²) in [6.07, 6.45) is 0.689. The van der Waals surface area contributed by atoms with Gasteiger partial charge in [-0.2, -0.15) is 0 Å². The van der Waals surface area contributed by atoms with Crippen molar-refractivity contribution in [2.75, 3.05) is 0 Å². The predicted molar refractivity (Wildman–Crippen MR) is 82.5 cm³/mol. The Hall–Kier alpha value is -3.14. The van der Waals surface area contributed by atoms with E-state index in [9.17, 15) is 4.79 Å². The highest BCUT2D eigenvalue weighted by Gasteiger charge is 2.10. The number of aldehydes is 1. The lowest BCUT2D eigenvalue weighted by atomic mass is 10.1. The van der Waals surface area contributed by atoms with Crippen molar-refractivity contribution in [3.05, 3.63) is 66.4 Å². The van der Waals surface area contributed by atoms with E-state index in [4.69, 9.17) is 8.83 Å². The zero-order valence-corrected chi connectivity index (χ0v) is 11.5. The number of hydrogen-bond acceptors (Lipinski definition) is 4. The molecule has 0 aliphatic rings. The first-order valence-electron chi connectivity index (χ1n) is 6.85. The lowest BCUT2D eigenvalue weighted by molar-refractivity contribution is 0.110. The molecule has 0 unspecified atom stereocenters. The van der Waals surface area contributed by atoms with Gasteiger partial charge in [-0.05, 0) is 36.4 Å². The fourth-order valence-corrected chi connectivity index (χ4v) is 2.37. The Labute approximate surface area is 126 Å². The van der Waals surface area contributed by atoms with Crippen molar-refractivity contribution in [2.24, 2.45) is 0 Å². The molecule has 0 radical (unpaired) electrons. The van der Waals surface area contributed by atoms with Gasteiger partial charge in [0.15, 0.2) is 17.6 Å². The first kappa shape index (κ1) is 12.6. The molecule has 0 aliphatic carbocycles. The Bertz CT molecular complexity index is 932. The third kappa shape index (κ3) is 2.11. The summed E-state index contributed by atoms with van der Waals surface area (Å²) in [6, 6.07) is 18.7. The van der Waals surface area contributed by atoms with Crippen LogP contribution in [-0.2, 0) is 0 Å². The largest absolute Gasteiger partial charge is 0.453 e. The number of rotatable bonds is 3. The molecule has 4 aromatic rings. The van der Waals surface area contributed by atoms with Crippen LogP contribution in [0.5, 0.6) is 0 Å². The van der Waals surface area contributed by atoms with E-state index in [0.717, 1.165) is 22.2 Å². The van der Waals surface area contributed by atoms with Crippen LogP contribution in [0.3, 0.4) is 0 Å². The third-order valence-corrected chi connectivity index (χ3v) is 3.43. The van der Waals surface area contributed by atoms with Crippen molar-refractivity contribution in [3.63, 3.8) is 0 Å². The standard InChI is InChI=1S/C18H11NO3/c20-11-14-8-9-16(21-14)12-4-3-5-13(10-12)18-19-15-6-1-2-7-17(15)22-18/h1-11H. The maximum absolute atomic E-state index is 10.7. The van der Waals surface area contributed by atoms with Crippen molar-refractivity contribution < 1.29 is 13.6 Å². The van der Waals surface area contributed by atoms with Gasteiger partial charge in [0.25, 0.3) is 0 Å². The molecular weight excluding hydrogens is 278 g/mol. The number of benzene rings is 2. The highest BCUT2D eigenvalue weighted by Crippen LogP contribution is 2.29. The lowest BCUT2D eigenvalue weighted by Crippen LogP contribution is -1.79. The van der Waals surface area contributed by atoms with E-state index in [1.54, 1.807) is 12.1 Å². The van der Waals surface area contributed by atoms with Crippen LogP contribution in [0.25, 0.3) is 33.9 Å². The molecule has 4 nitrogen and oxygen atoms in total. The highest BCUT2D eigenvalue weighted by atomic mass is 16.4. The van der Waals surface area contributed by atoms with Gasteiger partial charge in [-0.25, -0.2) is 4.98 Å². The van der Waals surface area contributed by atoms with E-state index in [2.05, 4.69) is 4.98 Å². The number of carbonyl (C=O) groups excluding carboxylic acids is 1. The van der Waals surface area contributed by atoms with Gasteiger partial charge < -0.3 is 8.83 Å². The van der Waals surface area contributed by atoms with Gasteiger partial charge >= 0.3 is 0 Å². The number of carbonyl (C=O) groups is 1. The van der Waals surface area contributed by atoms with Crippen LogP contribution >= 0.6 is 0 Å². The molecule has 0 spiro atoms. The van der Waals surface area contributed by atoms with Crippen LogP contribution in [0.2, 0.25) is 0 Å². The smallest absolute Gasteiger partial charge is 0.227 e. The zero-order chi connectivity index (χ0) is 14.9. The van der Waals surface area contributed by atoms with Crippen LogP contribution in [0.1, 0.15) is 10.6 Å². The topological polar surface area (TPSA) is 56.2 Å². The van der Waals surface area contributed by atoms with Crippen LogP contribution in [0.4, 0.5) is 0 Å². The molecule has 0 aliphatic heterocycles. The number of nitrogens with zero attached hydrogens (tertiary/aromatic N) is 1. The highest BCUT2D eigenvalue weighted by molar-refractivity contribution is 5.77. The Morgan fingerprint density at radius 3 is 2.55 bits per heavy atom. The van der Waals surface area contributed by atoms with Crippen molar-refractivity contribution >= 4 is 17.4 Å². The zero-order valence-electron chi connectivity index (χ0n) is 11.5. The van der Waals surface area contributed by atoms with Gasteiger partial charge in [-0.1, -0.05) is 24.3 Å². The van der Waals surface area contributed by atoms with Crippen LogP contribution < -0.4 is 0 Å². The maximum atomic E-state index is 10.7. The van der Waals surface area contributed by atoms with Crippen LogP contribution in [0.15, 0.2) is 69.5 Å². The van der Waals surface area contributed by atoms with Gasteiger partial charge in [0.2, 0.25) is 5.89 Å². The van der Waals surface area contributed by atoms with Crippen molar-refractivity contribution in [2.45, 2.75) is 0 Å². The van der Waals surface area contributed by atoms with E-state index >= 15 is 0 Å². The summed E-state index contributed by atoms with van der Waals surface area (Å²) in [5.41, 5.74) is 3.30. The lowest BCUT2D eigenvalue weighted by Gasteiger charge is -1.99. The quantitative estimate of drug-likeness (QED) is 0.518. The first-order valence-corrected chi connectivity index (χ1v) is 6.85. The maximum Gasteiger partial charge on any atom is 0.227 e. The summed E-state index contributed by atoms with van der Waals surface area (Å²) >= 11 is 0. The summed E-state index contributed by atoms with van der Waals surface area (Å²) in [6.45, 7) is 0. The molecule has 0 saturated heterocycles. The summed E-state index contributed by atoms with van der Waals surface area (Å²) < 4.78 is 11.2. The Balaban J connectivity index is 1.79. The molecule has 106 valence electrons. The minimum Gasteiger partial charge on any atom is -0.453 e. The van der Waals surface area contributed by atoms with Crippen molar-refractivity contribution in [3.8, 4) is 22.8 Å². The number of fused-ring (bicyclic) bond motifs is 1. The van der Waals surface area contributed by atoms with E-state index in [0.29, 0.717) is 23.7 Å². The van der Waals surface area contributed by atoms with Gasteiger partial charge in [0.05, 0.1) is 0 Å². The monoisotopic (exact) mass is 289 g/mol. The third-order valence-electron chi connectivity index (χ3n) is 3.43. The molecule has 0 fully saturated rings. The molecule has 0 saturated carbocycles. The number of aromatic nitrogens is 1. The van der Waals surface area contributed by atoms with Crippen molar-refractivity contribution in [1.29, 1.82) is 0 Å². The molecule has 4 heteroatoms. The minimum absolute atomic E-state index is 0.308. The number of hydrogen-bond donors (Lipinski definition) is 0. The van der Waals surface area contributed by atoms with Crippen LogP contribution in [-0.4, -0.2) is 11.3 Å². The molecule has 0 atom stereocenters. The minimum atomic E-state index is 0.308. The summed E-state index contributed by atoms with van der Waals surface area (Å²) in [7, 11) is 0. The summed E-state index contributed by atoms with van der Waals surface area (Å²) in [5.74, 6) is 1.51. The second-order valence-electron chi connectivity index (χ2n) is 4.89. The fraction of sp³-hybridized carbons (Fsp3) is 0. The van der Waals surface area contributed by atoms with Gasteiger partial charge in [-0.3, -0.25) is 4.79 Å². The Kier molecular flexibility index (Phi) is 2.86. The van der Waals surface area contributed by atoms with Gasteiger partial charge in [0.1, 0.15) is 11.3 Å². The average Bonchev–Trinajstić information content (AvgIpc) is 3.21. The fourth-order valence-electron chi connectivity index (χ4n) is 2.37. The van der Waals surface area contributed by atoms with E-state index in [1.165, 1.54) is 0 Å². The van der Waals surface area contributed by atoms with Gasteiger partial charge in [0, 0.05) is 11.1 Å². The summed E-state index contributed by atoms with van der Waals surface area (Å²) in [4.78, 5) is 15.2. The Morgan fingerprint density at radius 2 is 1.73 bits per heavy atom. The second-order valence-corrected chi connectivity index (χ2v) is 4.89. The molecule has 0 amide bonds. The number of oxazole rings is 1. The molecule has 0 N–H and O–H groups in total. The van der Waals surface area contributed by atoms with E-state index < -0.39 is 0 Å². The Morgan fingerprint density at radius 1 is 0.864 bits per heavy atom. The average molecular weight is 289 g/mol. The molecule has 2 heterocycles. The SMILES string of the molecule is O=Cc1ccc(-c2cccc(-c3nc4ccccc4o3)c2)o1. The predicted octanol–water partition coefficient (Wildman–Crippen LogP) is 4.57. The molecule has 2 aromatic heterocycles. The number of para-hydroxylation sites is 2. The van der Waals surface area contributed by atoms with E-state index in [1.807, 2.05) is 48.5 Å². The van der Waals surface area contributed by atoms with Crippen LogP contribution in [0, 0.1) is 0 Å². The van der Waals surface area contributed by atoms with Crippen molar-refractivity contribution in [1.82, 2.24) is 4.98 Å².